The van der Waals surface area contributed by atoms with Crippen molar-refractivity contribution in [2.75, 3.05) is 19.0 Å². The van der Waals surface area contributed by atoms with E-state index in [1.165, 1.54) is 0 Å². The van der Waals surface area contributed by atoms with Crippen molar-refractivity contribution in [1.29, 1.82) is 0 Å². The summed E-state index contributed by atoms with van der Waals surface area (Å²) < 4.78 is 11.2. The molecule has 1 aliphatic rings. The van der Waals surface area contributed by atoms with Crippen LogP contribution in [-0.4, -0.2) is 36.6 Å². The normalized spacial score (nSPS) is 15.8. The lowest BCUT2D eigenvalue weighted by molar-refractivity contribution is -0.139. The van der Waals surface area contributed by atoms with Gasteiger partial charge in [0, 0.05) is 30.9 Å². The quantitative estimate of drug-likeness (QED) is 0.781. The standard InChI is InChI=1S/C22H27N3O4/c1-4-19-21(26)25(13-15-6-9-18(28-3)10-7-15)14-16-12-17(8-11-20(16)29-19)24-22(27)23-5-2/h6-12,19H,4-5,13-14H2,1-3H3,(H2,23,24,27). The Labute approximate surface area is 171 Å². The Hall–Kier alpha value is -3.22. The molecule has 3 rings (SSSR count). The number of carbonyl (C=O) groups is 2. The number of methoxy groups -OCH3 is 1. The molecule has 1 aliphatic heterocycles. The molecule has 154 valence electrons. The number of anilines is 1. The number of nitrogens with zero attached hydrogens (tertiary/aromatic N) is 1. The molecule has 2 aromatic rings. The Morgan fingerprint density at radius 1 is 1.21 bits per heavy atom. The summed E-state index contributed by atoms with van der Waals surface area (Å²) in [5.41, 5.74) is 2.52. The molecule has 0 spiro atoms. The fourth-order valence-electron chi connectivity index (χ4n) is 3.27. The molecule has 0 saturated heterocycles. The molecular formula is C22H27N3O4. The number of hydrogen-bond donors (Lipinski definition) is 2. The molecule has 0 saturated carbocycles. The van der Waals surface area contributed by atoms with E-state index in [0.29, 0.717) is 37.5 Å². The van der Waals surface area contributed by atoms with Crippen molar-refractivity contribution in [2.24, 2.45) is 0 Å². The predicted octanol–water partition coefficient (Wildman–Crippen LogP) is 3.54. The van der Waals surface area contributed by atoms with Gasteiger partial charge in [-0.1, -0.05) is 19.1 Å². The predicted molar refractivity (Wildman–Crippen MR) is 111 cm³/mol. The van der Waals surface area contributed by atoms with Crippen LogP contribution in [0.2, 0.25) is 0 Å². The first-order valence-electron chi connectivity index (χ1n) is 9.80. The van der Waals surface area contributed by atoms with Gasteiger partial charge in [0.2, 0.25) is 0 Å². The molecule has 0 radical (unpaired) electrons. The van der Waals surface area contributed by atoms with Gasteiger partial charge < -0.3 is 25.0 Å². The zero-order chi connectivity index (χ0) is 20.8. The smallest absolute Gasteiger partial charge is 0.319 e. The van der Waals surface area contributed by atoms with E-state index < -0.39 is 6.10 Å². The van der Waals surface area contributed by atoms with E-state index in [0.717, 1.165) is 16.9 Å². The highest BCUT2D eigenvalue weighted by molar-refractivity contribution is 5.89. The van der Waals surface area contributed by atoms with Gasteiger partial charge in [-0.05, 0) is 49.2 Å². The SMILES string of the molecule is CCNC(=O)Nc1ccc2c(c1)CN(Cc1ccc(OC)cc1)C(=O)C(CC)O2. The Kier molecular flexibility index (Phi) is 6.59. The Morgan fingerprint density at radius 3 is 2.62 bits per heavy atom. The highest BCUT2D eigenvalue weighted by atomic mass is 16.5. The fraction of sp³-hybridized carbons (Fsp3) is 0.364. The molecule has 1 atom stereocenters. The molecule has 0 aliphatic carbocycles. The molecule has 29 heavy (non-hydrogen) atoms. The van der Waals surface area contributed by atoms with Gasteiger partial charge in [-0.2, -0.15) is 0 Å². The number of amides is 3. The third kappa shape index (κ3) is 4.99. The summed E-state index contributed by atoms with van der Waals surface area (Å²) in [7, 11) is 1.62. The van der Waals surface area contributed by atoms with Crippen LogP contribution >= 0.6 is 0 Å². The van der Waals surface area contributed by atoms with Crippen molar-refractivity contribution in [3.63, 3.8) is 0 Å². The van der Waals surface area contributed by atoms with Gasteiger partial charge in [0.25, 0.3) is 5.91 Å². The number of hydrogen-bond acceptors (Lipinski definition) is 4. The van der Waals surface area contributed by atoms with Crippen LogP contribution in [0.4, 0.5) is 10.5 Å². The van der Waals surface area contributed by atoms with Crippen molar-refractivity contribution in [3.8, 4) is 11.5 Å². The summed E-state index contributed by atoms with van der Waals surface area (Å²) in [6, 6.07) is 12.9. The number of urea groups is 1. The average molecular weight is 397 g/mol. The first-order valence-corrected chi connectivity index (χ1v) is 9.80. The minimum atomic E-state index is -0.531. The van der Waals surface area contributed by atoms with Crippen LogP contribution in [0.25, 0.3) is 0 Å². The highest BCUT2D eigenvalue weighted by Crippen LogP contribution is 2.30. The third-order valence-electron chi connectivity index (χ3n) is 4.78. The summed E-state index contributed by atoms with van der Waals surface area (Å²) in [6.45, 7) is 5.21. The molecule has 0 fully saturated rings. The van der Waals surface area contributed by atoms with E-state index in [1.807, 2.05) is 50.2 Å². The Morgan fingerprint density at radius 2 is 1.97 bits per heavy atom. The van der Waals surface area contributed by atoms with Crippen LogP contribution < -0.4 is 20.1 Å². The Bertz CT molecular complexity index is 867. The number of nitrogens with one attached hydrogen (secondary N) is 2. The molecular weight excluding hydrogens is 370 g/mol. The maximum Gasteiger partial charge on any atom is 0.319 e. The number of rotatable bonds is 6. The molecule has 1 heterocycles. The molecule has 0 bridgehead atoms. The first-order chi connectivity index (χ1) is 14.0. The lowest BCUT2D eigenvalue weighted by atomic mass is 10.1. The monoisotopic (exact) mass is 397 g/mol. The zero-order valence-electron chi connectivity index (χ0n) is 17.0. The summed E-state index contributed by atoms with van der Waals surface area (Å²) in [5.74, 6) is 1.40. The van der Waals surface area contributed by atoms with Gasteiger partial charge in [0.1, 0.15) is 11.5 Å². The summed E-state index contributed by atoms with van der Waals surface area (Å²) in [6.07, 6.45) is 0.0488. The van der Waals surface area contributed by atoms with Crippen molar-refractivity contribution < 1.29 is 19.1 Å². The van der Waals surface area contributed by atoms with E-state index in [-0.39, 0.29) is 11.9 Å². The maximum absolute atomic E-state index is 13.0. The second kappa shape index (κ2) is 9.32. The maximum atomic E-state index is 13.0. The lowest BCUT2D eigenvalue weighted by Crippen LogP contribution is -2.38. The van der Waals surface area contributed by atoms with Crippen molar-refractivity contribution in [1.82, 2.24) is 10.2 Å². The Balaban J connectivity index is 1.84. The molecule has 3 amide bonds. The van der Waals surface area contributed by atoms with Gasteiger partial charge >= 0.3 is 6.03 Å². The van der Waals surface area contributed by atoms with Gasteiger partial charge in [-0.25, -0.2) is 4.79 Å². The van der Waals surface area contributed by atoms with Gasteiger partial charge in [-0.3, -0.25) is 4.79 Å². The topological polar surface area (TPSA) is 79.9 Å². The molecule has 2 N–H and O–H groups in total. The molecule has 7 heteroatoms. The van der Waals surface area contributed by atoms with Crippen LogP contribution in [-0.2, 0) is 17.9 Å². The van der Waals surface area contributed by atoms with E-state index >= 15 is 0 Å². The minimum Gasteiger partial charge on any atom is -0.497 e. The van der Waals surface area contributed by atoms with E-state index in [4.69, 9.17) is 9.47 Å². The summed E-state index contributed by atoms with van der Waals surface area (Å²) in [5, 5.41) is 5.51. The highest BCUT2D eigenvalue weighted by Gasteiger charge is 2.30. The van der Waals surface area contributed by atoms with Crippen LogP contribution in [0, 0.1) is 0 Å². The van der Waals surface area contributed by atoms with Crippen molar-refractivity contribution in [3.05, 3.63) is 53.6 Å². The number of carbonyl (C=O) groups excluding carboxylic acids is 2. The third-order valence-corrected chi connectivity index (χ3v) is 4.78. The number of benzene rings is 2. The first kappa shape index (κ1) is 20.5. The van der Waals surface area contributed by atoms with Crippen LogP contribution in [0.3, 0.4) is 0 Å². The average Bonchev–Trinajstić information content (AvgIpc) is 2.85. The van der Waals surface area contributed by atoms with Crippen LogP contribution in [0.1, 0.15) is 31.4 Å². The van der Waals surface area contributed by atoms with Gasteiger partial charge in [0.15, 0.2) is 6.10 Å². The lowest BCUT2D eigenvalue weighted by Gasteiger charge is -2.23. The summed E-state index contributed by atoms with van der Waals surface area (Å²) in [4.78, 5) is 26.6. The molecule has 1 unspecified atom stereocenters. The van der Waals surface area contributed by atoms with E-state index in [9.17, 15) is 9.59 Å². The van der Waals surface area contributed by atoms with Crippen LogP contribution in [0.5, 0.6) is 11.5 Å². The second-order valence-corrected chi connectivity index (χ2v) is 6.86. The number of ether oxygens (including phenoxy) is 2. The summed E-state index contributed by atoms with van der Waals surface area (Å²) >= 11 is 0. The molecule has 2 aromatic carbocycles. The second-order valence-electron chi connectivity index (χ2n) is 6.86. The van der Waals surface area contributed by atoms with Gasteiger partial charge in [0.05, 0.1) is 7.11 Å². The molecule has 7 nitrogen and oxygen atoms in total. The van der Waals surface area contributed by atoms with E-state index in [2.05, 4.69) is 10.6 Å². The number of fused-ring (bicyclic) bond motifs is 1. The fourth-order valence-corrected chi connectivity index (χ4v) is 3.27. The van der Waals surface area contributed by atoms with Crippen LogP contribution in [0.15, 0.2) is 42.5 Å². The van der Waals surface area contributed by atoms with Gasteiger partial charge in [-0.15, -0.1) is 0 Å². The van der Waals surface area contributed by atoms with Crippen molar-refractivity contribution in [2.45, 2.75) is 39.5 Å². The largest absolute Gasteiger partial charge is 0.497 e. The molecule has 0 aromatic heterocycles. The zero-order valence-corrected chi connectivity index (χ0v) is 17.0. The van der Waals surface area contributed by atoms with Crippen molar-refractivity contribution >= 4 is 17.6 Å². The van der Waals surface area contributed by atoms with E-state index in [1.54, 1.807) is 18.1 Å². The minimum absolute atomic E-state index is 0.0437.